The summed E-state index contributed by atoms with van der Waals surface area (Å²) in [6, 6.07) is 17.0. The largest absolute Gasteiger partial charge is 0.490 e. The Kier molecular flexibility index (Phi) is 6.50. The average Bonchev–Trinajstić information content (AvgIpc) is 3.21. The van der Waals surface area contributed by atoms with Crippen LogP contribution in [0.1, 0.15) is 21.6 Å². The number of hydrogen-bond donors (Lipinski definition) is 1. The molecule has 28 heavy (non-hydrogen) atoms. The van der Waals surface area contributed by atoms with E-state index in [1.165, 1.54) is 16.9 Å². The molecule has 0 aliphatic heterocycles. The predicted molar refractivity (Wildman–Crippen MR) is 113 cm³/mol. The first-order valence-corrected chi connectivity index (χ1v) is 9.83. The van der Waals surface area contributed by atoms with Gasteiger partial charge in [-0.2, -0.15) is 0 Å². The third kappa shape index (κ3) is 5.02. The maximum absolute atomic E-state index is 11.5. The summed E-state index contributed by atoms with van der Waals surface area (Å²) in [6.45, 7) is 4.98. The molecule has 0 radical (unpaired) electrons. The minimum absolute atomic E-state index is 0.283. The fraction of sp³-hybridized carbons (Fsp3) is 0.174. The van der Waals surface area contributed by atoms with Gasteiger partial charge in [0.05, 0.1) is 5.57 Å². The smallest absolute Gasteiger partial charge is 0.337 e. The van der Waals surface area contributed by atoms with E-state index >= 15 is 0 Å². The molecule has 0 saturated carbocycles. The van der Waals surface area contributed by atoms with Gasteiger partial charge in [-0.3, -0.25) is 0 Å². The zero-order chi connectivity index (χ0) is 19.9. The Hall–Kier alpha value is -3.05. The second-order valence-electron chi connectivity index (χ2n) is 6.30. The van der Waals surface area contributed by atoms with Crippen LogP contribution >= 0.6 is 11.3 Å². The quantitative estimate of drug-likeness (QED) is 0.408. The van der Waals surface area contributed by atoms with Gasteiger partial charge in [-0.05, 0) is 66.3 Å². The van der Waals surface area contributed by atoms with Crippen molar-refractivity contribution in [3.8, 4) is 11.5 Å². The molecule has 3 aromatic rings. The molecular weight excluding hydrogens is 372 g/mol. The van der Waals surface area contributed by atoms with Gasteiger partial charge in [-0.1, -0.05) is 30.3 Å². The number of hydrogen-bond acceptors (Lipinski definition) is 4. The first-order chi connectivity index (χ1) is 13.5. The predicted octanol–water partition coefficient (Wildman–Crippen LogP) is 5.45. The van der Waals surface area contributed by atoms with Gasteiger partial charge in [-0.25, -0.2) is 4.79 Å². The maximum Gasteiger partial charge on any atom is 0.337 e. The van der Waals surface area contributed by atoms with E-state index in [0.29, 0.717) is 13.2 Å². The van der Waals surface area contributed by atoms with Crippen molar-refractivity contribution in [1.29, 1.82) is 0 Å². The van der Waals surface area contributed by atoms with Gasteiger partial charge in [0, 0.05) is 4.88 Å². The van der Waals surface area contributed by atoms with E-state index in [9.17, 15) is 9.90 Å². The van der Waals surface area contributed by atoms with Crippen LogP contribution in [0.25, 0.3) is 11.6 Å². The summed E-state index contributed by atoms with van der Waals surface area (Å²) in [5, 5.41) is 11.3. The van der Waals surface area contributed by atoms with E-state index in [1.54, 1.807) is 12.1 Å². The Balaban J connectivity index is 1.56. The van der Waals surface area contributed by atoms with E-state index < -0.39 is 5.97 Å². The van der Waals surface area contributed by atoms with Crippen LogP contribution in [0.5, 0.6) is 11.5 Å². The lowest BCUT2D eigenvalue weighted by molar-refractivity contribution is -0.130. The second-order valence-corrected chi connectivity index (χ2v) is 7.25. The number of ether oxygens (including phenoxy) is 2. The summed E-state index contributed by atoms with van der Waals surface area (Å²) < 4.78 is 11.5. The Morgan fingerprint density at radius 3 is 2.43 bits per heavy atom. The molecule has 0 aliphatic carbocycles. The first kappa shape index (κ1) is 19.7. The van der Waals surface area contributed by atoms with Crippen LogP contribution in [-0.2, 0) is 4.79 Å². The Labute approximate surface area is 168 Å². The van der Waals surface area contributed by atoms with Gasteiger partial charge >= 0.3 is 5.97 Å². The number of benzene rings is 2. The molecule has 0 aliphatic rings. The fourth-order valence-electron chi connectivity index (χ4n) is 2.69. The van der Waals surface area contributed by atoms with Crippen LogP contribution in [0.15, 0.2) is 60.0 Å². The zero-order valence-electron chi connectivity index (χ0n) is 15.8. The number of aliphatic carboxylic acids is 1. The number of thiophene rings is 1. The fourth-order valence-corrected chi connectivity index (χ4v) is 3.42. The zero-order valence-corrected chi connectivity index (χ0v) is 16.7. The molecule has 5 heteroatoms. The summed E-state index contributed by atoms with van der Waals surface area (Å²) in [6.07, 6.45) is 1.67. The van der Waals surface area contributed by atoms with E-state index in [4.69, 9.17) is 9.47 Å². The first-order valence-electron chi connectivity index (χ1n) is 8.95. The van der Waals surface area contributed by atoms with Crippen LogP contribution in [0, 0.1) is 13.8 Å². The standard InChI is InChI=1S/C23H22O4S/c1-16-5-3-6-21(17(16)2)27-13-12-26-19-10-8-18(9-11-19)15-20(23(24)25)22-7-4-14-28-22/h3-11,14-15H,12-13H2,1-2H3,(H,24,25)/b20-15-. The second kappa shape index (κ2) is 9.24. The van der Waals surface area contributed by atoms with Gasteiger partial charge in [0.25, 0.3) is 0 Å². The molecule has 0 saturated heterocycles. The van der Waals surface area contributed by atoms with E-state index in [2.05, 4.69) is 13.0 Å². The van der Waals surface area contributed by atoms with E-state index in [1.807, 2.05) is 54.8 Å². The summed E-state index contributed by atoms with van der Waals surface area (Å²) in [5.41, 5.74) is 3.43. The molecule has 0 atom stereocenters. The number of carboxylic acid groups (broad SMARTS) is 1. The summed E-state index contributed by atoms with van der Waals surface area (Å²) in [7, 11) is 0. The Morgan fingerprint density at radius 1 is 1.00 bits per heavy atom. The minimum Gasteiger partial charge on any atom is -0.490 e. The Morgan fingerprint density at radius 2 is 1.75 bits per heavy atom. The van der Waals surface area contributed by atoms with Crippen LogP contribution < -0.4 is 9.47 Å². The molecule has 0 bridgehead atoms. The highest BCUT2D eigenvalue weighted by Crippen LogP contribution is 2.24. The monoisotopic (exact) mass is 394 g/mol. The van der Waals surface area contributed by atoms with Gasteiger partial charge in [0.2, 0.25) is 0 Å². The summed E-state index contributed by atoms with van der Waals surface area (Å²) >= 11 is 1.41. The van der Waals surface area contributed by atoms with Crippen molar-refractivity contribution in [3.63, 3.8) is 0 Å². The molecule has 4 nitrogen and oxygen atoms in total. The number of aryl methyl sites for hydroxylation is 1. The molecule has 0 amide bonds. The van der Waals surface area contributed by atoms with Gasteiger partial charge in [0.15, 0.2) is 0 Å². The molecule has 144 valence electrons. The van der Waals surface area contributed by atoms with Crippen molar-refractivity contribution in [1.82, 2.24) is 0 Å². The molecule has 1 heterocycles. The molecule has 0 fully saturated rings. The number of rotatable bonds is 8. The van der Waals surface area contributed by atoms with Gasteiger partial charge in [-0.15, -0.1) is 11.3 Å². The lowest BCUT2D eigenvalue weighted by Crippen LogP contribution is -2.09. The summed E-state index contributed by atoms with van der Waals surface area (Å²) in [5.74, 6) is 0.653. The highest BCUT2D eigenvalue weighted by molar-refractivity contribution is 7.11. The van der Waals surface area contributed by atoms with Gasteiger partial charge in [0.1, 0.15) is 24.7 Å². The lowest BCUT2D eigenvalue weighted by atomic mass is 10.1. The normalized spacial score (nSPS) is 11.3. The van der Waals surface area contributed by atoms with E-state index in [0.717, 1.165) is 27.5 Å². The highest BCUT2D eigenvalue weighted by atomic mass is 32.1. The topological polar surface area (TPSA) is 55.8 Å². The van der Waals surface area contributed by atoms with Crippen molar-refractivity contribution in [2.24, 2.45) is 0 Å². The SMILES string of the molecule is Cc1cccc(OCCOc2ccc(/C=C(\C(=O)O)c3cccs3)cc2)c1C. The molecule has 3 rings (SSSR count). The minimum atomic E-state index is -0.939. The molecular formula is C23H22O4S. The lowest BCUT2D eigenvalue weighted by Gasteiger charge is -2.11. The number of carbonyl (C=O) groups is 1. The van der Waals surface area contributed by atoms with Crippen molar-refractivity contribution in [3.05, 3.63) is 81.5 Å². The average molecular weight is 394 g/mol. The molecule has 2 aromatic carbocycles. The van der Waals surface area contributed by atoms with E-state index in [-0.39, 0.29) is 5.57 Å². The van der Waals surface area contributed by atoms with Crippen molar-refractivity contribution in [2.75, 3.05) is 13.2 Å². The summed E-state index contributed by atoms with van der Waals surface area (Å²) in [4.78, 5) is 12.2. The highest BCUT2D eigenvalue weighted by Gasteiger charge is 2.11. The molecule has 1 N–H and O–H groups in total. The third-order valence-corrected chi connectivity index (χ3v) is 5.28. The number of carboxylic acids is 1. The molecule has 0 spiro atoms. The third-order valence-electron chi connectivity index (χ3n) is 4.37. The Bertz CT molecular complexity index is 957. The van der Waals surface area contributed by atoms with Crippen LogP contribution in [0.2, 0.25) is 0 Å². The molecule has 0 unspecified atom stereocenters. The van der Waals surface area contributed by atoms with Crippen molar-refractivity contribution >= 4 is 29.0 Å². The van der Waals surface area contributed by atoms with Crippen molar-refractivity contribution in [2.45, 2.75) is 13.8 Å². The molecule has 1 aromatic heterocycles. The van der Waals surface area contributed by atoms with Crippen LogP contribution in [-0.4, -0.2) is 24.3 Å². The van der Waals surface area contributed by atoms with Crippen molar-refractivity contribution < 1.29 is 19.4 Å². The maximum atomic E-state index is 11.5. The van der Waals surface area contributed by atoms with Crippen LogP contribution in [0.3, 0.4) is 0 Å². The van der Waals surface area contributed by atoms with Gasteiger partial charge < -0.3 is 14.6 Å². The van der Waals surface area contributed by atoms with Crippen LogP contribution in [0.4, 0.5) is 0 Å².